The number of nitrogens with zero attached hydrogens (tertiary/aromatic N) is 2. The van der Waals surface area contributed by atoms with E-state index in [2.05, 4.69) is 15.6 Å². The number of sulfonamides is 1. The van der Waals surface area contributed by atoms with Gasteiger partial charge in [0.2, 0.25) is 15.9 Å². The molecule has 0 bridgehead atoms. The number of piperazine rings is 1. The molecular formula is C37H40ClFN4O6S. The summed E-state index contributed by atoms with van der Waals surface area (Å²) in [6.07, 6.45) is 1.01. The van der Waals surface area contributed by atoms with Crippen molar-refractivity contribution in [3.05, 3.63) is 124 Å². The van der Waals surface area contributed by atoms with Gasteiger partial charge in [0.1, 0.15) is 11.9 Å². The minimum atomic E-state index is -3.83. The van der Waals surface area contributed by atoms with Gasteiger partial charge in [0, 0.05) is 54.8 Å². The number of hydrogen-bond acceptors (Lipinski definition) is 8. The fourth-order valence-electron chi connectivity index (χ4n) is 6.51. The number of methoxy groups -OCH3 is 2. The molecule has 0 radical (unpaired) electrons. The van der Waals surface area contributed by atoms with Gasteiger partial charge in [-0.2, -0.15) is 4.31 Å². The molecule has 5 rings (SSSR count). The number of aromatic nitrogens is 1. The van der Waals surface area contributed by atoms with Crippen LogP contribution in [0.15, 0.2) is 96.0 Å². The van der Waals surface area contributed by atoms with Crippen molar-refractivity contribution < 1.29 is 31.9 Å². The predicted molar refractivity (Wildman–Crippen MR) is 188 cm³/mol. The largest absolute Gasteiger partial charge is 0.481 e. The van der Waals surface area contributed by atoms with Crippen LogP contribution in [0.3, 0.4) is 0 Å². The van der Waals surface area contributed by atoms with Crippen molar-refractivity contribution in [2.24, 2.45) is 0 Å². The quantitative estimate of drug-likeness (QED) is 0.185. The Hall–Kier alpha value is -4.36. The molecule has 4 aromatic rings. The van der Waals surface area contributed by atoms with Crippen LogP contribution in [0, 0.1) is 5.82 Å². The lowest BCUT2D eigenvalue weighted by molar-refractivity contribution is -0.120. The Morgan fingerprint density at radius 2 is 1.72 bits per heavy atom. The van der Waals surface area contributed by atoms with Gasteiger partial charge in [0.15, 0.2) is 5.78 Å². The van der Waals surface area contributed by atoms with Crippen molar-refractivity contribution in [3.63, 3.8) is 0 Å². The van der Waals surface area contributed by atoms with Crippen LogP contribution in [0.1, 0.15) is 41.5 Å². The topological polar surface area (TPSA) is 127 Å². The molecule has 0 aliphatic carbocycles. The zero-order valence-electron chi connectivity index (χ0n) is 28.0. The van der Waals surface area contributed by atoms with Crippen LogP contribution in [0.5, 0.6) is 5.88 Å². The Morgan fingerprint density at radius 3 is 2.38 bits per heavy atom. The van der Waals surface area contributed by atoms with Crippen LogP contribution in [-0.4, -0.2) is 75.0 Å². The Morgan fingerprint density at radius 1 is 1.00 bits per heavy atom. The summed E-state index contributed by atoms with van der Waals surface area (Å²) in [4.78, 5) is 31.5. The van der Waals surface area contributed by atoms with E-state index in [1.165, 1.54) is 30.7 Å². The van der Waals surface area contributed by atoms with E-state index in [1.54, 1.807) is 79.0 Å². The fraction of sp³-hybridized carbons (Fsp3) is 0.324. The molecule has 2 N–H and O–H groups in total. The summed E-state index contributed by atoms with van der Waals surface area (Å²) in [5.74, 6) is -1.26. The van der Waals surface area contributed by atoms with E-state index < -0.39 is 45.7 Å². The SMILES string of the molecule is COC(=O)N[C@H](C(=O)Cc1cccc(F)c1CC[C@H]1CNC[C@H](C)N1S(=O)(=O)c1ccccc1)[C@@H](c1ccc(Cl)cc1)c1ccc(OC)nc1. The number of Topliss-reactive ketones (excluding diaryl/α,β-unsaturated/α-hetero) is 1. The molecule has 10 nitrogen and oxygen atoms in total. The number of halogens is 2. The highest BCUT2D eigenvalue weighted by Crippen LogP contribution is 2.32. The Labute approximate surface area is 297 Å². The smallest absolute Gasteiger partial charge is 0.407 e. The number of nitrogens with one attached hydrogen (secondary N) is 2. The number of alkyl carbamates (subject to hydrolysis) is 1. The van der Waals surface area contributed by atoms with Crippen LogP contribution in [0.4, 0.5) is 9.18 Å². The Kier molecular flexibility index (Phi) is 12.2. The van der Waals surface area contributed by atoms with Crippen molar-refractivity contribution in [3.8, 4) is 5.88 Å². The molecule has 264 valence electrons. The second kappa shape index (κ2) is 16.6. The van der Waals surface area contributed by atoms with Gasteiger partial charge in [0.25, 0.3) is 0 Å². The first-order valence-electron chi connectivity index (χ1n) is 16.2. The number of carbonyl (C=O) groups is 2. The molecule has 1 aliphatic rings. The molecule has 50 heavy (non-hydrogen) atoms. The third-order valence-corrected chi connectivity index (χ3v) is 11.3. The molecule has 0 unspecified atom stereocenters. The highest BCUT2D eigenvalue weighted by Gasteiger charge is 2.38. The zero-order valence-corrected chi connectivity index (χ0v) is 29.6. The van der Waals surface area contributed by atoms with Crippen LogP contribution in [0.25, 0.3) is 0 Å². The molecule has 0 saturated carbocycles. The minimum absolute atomic E-state index is 0.174. The van der Waals surface area contributed by atoms with Crippen molar-refractivity contribution in [2.75, 3.05) is 27.3 Å². The third-order valence-electron chi connectivity index (χ3n) is 8.94. The Bertz CT molecular complexity index is 1880. The number of amides is 1. The molecule has 2 heterocycles. The number of ketones is 1. The molecule has 1 fully saturated rings. The van der Waals surface area contributed by atoms with Crippen LogP contribution < -0.4 is 15.4 Å². The number of carbonyl (C=O) groups excluding carboxylic acids is 2. The van der Waals surface area contributed by atoms with Gasteiger partial charge >= 0.3 is 6.09 Å². The van der Waals surface area contributed by atoms with Crippen molar-refractivity contribution in [1.82, 2.24) is 19.9 Å². The van der Waals surface area contributed by atoms with Crippen molar-refractivity contribution in [2.45, 2.75) is 55.1 Å². The number of ether oxygens (including phenoxy) is 2. The van der Waals surface area contributed by atoms with Crippen molar-refractivity contribution >= 4 is 33.5 Å². The van der Waals surface area contributed by atoms with Gasteiger partial charge in [-0.25, -0.2) is 22.6 Å². The first-order chi connectivity index (χ1) is 24.0. The maximum atomic E-state index is 15.6. The number of rotatable bonds is 13. The molecule has 3 aromatic carbocycles. The summed E-state index contributed by atoms with van der Waals surface area (Å²) >= 11 is 6.19. The highest BCUT2D eigenvalue weighted by atomic mass is 35.5. The third kappa shape index (κ3) is 8.50. The zero-order chi connectivity index (χ0) is 35.8. The average Bonchev–Trinajstić information content (AvgIpc) is 3.12. The molecule has 0 spiro atoms. The van der Waals surface area contributed by atoms with Crippen LogP contribution >= 0.6 is 11.6 Å². The van der Waals surface area contributed by atoms with Gasteiger partial charge < -0.3 is 20.1 Å². The lowest BCUT2D eigenvalue weighted by Crippen LogP contribution is -2.58. The van der Waals surface area contributed by atoms with E-state index >= 15 is 4.39 Å². The van der Waals surface area contributed by atoms with Gasteiger partial charge in [-0.15, -0.1) is 0 Å². The summed E-state index contributed by atoms with van der Waals surface area (Å²) in [5, 5.41) is 6.50. The van der Waals surface area contributed by atoms with E-state index in [9.17, 15) is 18.0 Å². The fourth-order valence-corrected chi connectivity index (χ4v) is 8.50. The summed E-state index contributed by atoms with van der Waals surface area (Å²) < 4.78 is 54.8. The lowest BCUT2D eigenvalue weighted by Gasteiger charge is -2.40. The molecule has 1 amide bonds. The summed E-state index contributed by atoms with van der Waals surface area (Å²) in [6.45, 7) is 2.72. The number of benzene rings is 3. The van der Waals surface area contributed by atoms with Crippen LogP contribution in [0.2, 0.25) is 5.02 Å². The lowest BCUT2D eigenvalue weighted by atomic mass is 9.82. The van der Waals surface area contributed by atoms with E-state index in [-0.39, 0.29) is 23.8 Å². The van der Waals surface area contributed by atoms with E-state index in [0.717, 1.165) is 0 Å². The molecule has 1 saturated heterocycles. The summed E-state index contributed by atoms with van der Waals surface area (Å²) in [6, 6.07) is 21.2. The molecule has 4 atom stereocenters. The summed E-state index contributed by atoms with van der Waals surface area (Å²) in [5.41, 5.74) is 2.03. The number of hydrogen-bond donors (Lipinski definition) is 2. The standard InChI is InChI=1S/C37H40ClFN4O6S/c1-24-21-40-23-29(43(24)50(46,47)30-9-5-4-6-10-30)17-18-31-26(8-7-11-32(31)39)20-33(44)36(42-37(45)49-3)35(25-12-15-28(38)16-13-25)27-14-19-34(48-2)41-22-27/h4-16,19,22,24,29,35-36,40H,17-18,20-21,23H2,1-3H3,(H,42,45)/t24-,29-,35-,36+/m0/s1. The second-order valence-corrected chi connectivity index (χ2v) is 14.4. The molecular weight excluding hydrogens is 683 g/mol. The first-order valence-corrected chi connectivity index (χ1v) is 18.0. The molecule has 13 heteroatoms. The van der Waals surface area contributed by atoms with Gasteiger partial charge in [-0.1, -0.05) is 60.1 Å². The molecule has 1 aromatic heterocycles. The van der Waals surface area contributed by atoms with Gasteiger partial charge in [0.05, 0.1) is 19.1 Å². The van der Waals surface area contributed by atoms with Crippen molar-refractivity contribution in [1.29, 1.82) is 0 Å². The second-order valence-electron chi connectivity index (χ2n) is 12.1. The highest BCUT2D eigenvalue weighted by molar-refractivity contribution is 7.89. The summed E-state index contributed by atoms with van der Waals surface area (Å²) in [7, 11) is -1.13. The van der Waals surface area contributed by atoms with Gasteiger partial charge in [-0.05, 0) is 72.4 Å². The first kappa shape index (κ1) is 36.9. The van der Waals surface area contributed by atoms with E-state index in [0.29, 0.717) is 52.7 Å². The predicted octanol–water partition coefficient (Wildman–Crippen LogP) is 5.53. The average molecular weight is 723 g/mol. The Balaban J connectivity index is 1.45. The monoisotopic (exact) mass is 722 g/mol. The van der Waals surface area contributed by atoms with E-state index in [4.69, 9.17) is 21.1 Å². The minimum Gasteiger partial charge on any atom is -0.481 e. The van der Waals surface area contributed by atoms with Crippen LogP contribution in [-0.2, 0) is 32.4 Å². The van der Waals surface area contributed by atoms with E-state index in [1.807, 2.05) is 6.92 Å². The maximum absolute atomic E-state index is 15.6. The number of pyridine rings is 1. The molecule has 1 aliphatic heterocycles. The van der Waals surface area contributed by atoms with Gasteiger partial charge in [-0.3, -0.25) is 4.79 Å². The normalized spacial score (nSPS) is 17.8. The maximum Gasteiger partial charge on any atom is 0.407 e.